The van der Waals surface area contributed by atoms with Crippen LogP contribution < -0.4 is 20.9 Å². The van der Waals surface area contributed by atoms with E-state index in [4.69, 9.17) is 77.3 Å². The van der Waals surface area contributed by atoms with E-state index in [0.29, 0.717) is 64.8 Å². The summed E-state index contributed by atoms with van der Waals surface area (Å²) in [4.78, 5) is 92.0. The van der Waals surface area contributed by atoms with Gasteiger partial charge in [-0.2, -0.15) is 19.9 Å². The van der Waals surface area contributed by atoms with Crippen LogP contribution in [0.4, 0.5) is 46.8 Å². The number of nitrogen functional groups attached to an aromatic ring is 2. The van der Waals surface area contributed by atoms with Crippen molar-refractivity contribution in [2.45, 2.75) is 106 Å². The molecular weight excluding hydrogens is 1490 g/mol. The summed E-state index contributed by atoms with van der Waals surface area (Å²) in [6, 6.07) is 17.3. The summed E-state index contributed by atoms with van der Waals surface area (Å²) in [7, 11) is 0. The first-order valence-electron chi connectivity index (χ1n) is 32.6. The number of carbonyl (C=O) groups is 5. The number of hydrogen-bond donors (Lipinski definition) is 5. The molecule has 2 unspecified atom stereocenters. The second-order valence-electron chi connectivity index (χ2n) is 23.9. The number of rotatable bonds is 27. The summed E-state index contributed by atoms with van der Waals surface area (Å²) >= 11 is 11.8. The molecule has 4 saturated heterocycles. The fourth-order valence-electron chi connectivity index (χ4n) is 11.3. The van der Waals surface area contributed by atoms with Crippen LogP contribution in [0.2, 0.25) is 10.6 Å². The number of carboxylic acids is 1. The highest BCUT2D eigenvalue weighted by atomic mass is 35.5. The van der Waals surface area contributed by atoms with Crippen LogP contribution in [0.25, 0.3) is 22.3 Å². The number of morpholine rings is 2. The van der Waals surface area contributed by atoms with E-state index in [1.165, 1.54) is 25.1 Å². The van der Waals surface area contributed by atoms with E-state index in [9.17, 15) is 65.6 Å². The van der Waals surface area contributed by atoms with Gasteiger partial charge in [0, 0.05) is 59.0 Å². The van der Waals surface area contributed by atoms with Crippen molar-refractivity contribution < 1.29 is 131 Å². The van der Waals surface area contributed by atoms with E-state index in [2.05, 4.69) is 44.1 Å². The Balaban J connectivity index is 0.000000231. The molecule has 8 heterocycles. The Morgan fingerprint density at radius 1 is 0.579 bits per heavy atom. The predicted octanol–water partition coefficient (Wildman–Crippen LogP) is 5.26. The van der Waals surface area contributed by atoms with Gasteiger partial charge in [-0.3, -0.25) is 23.7 Å². The number of esters is 4. The third-order valence-electron chi connectivity index (χ3n) is 16.5. The van der Waals surface area contributed by atoms with Crippen LogP contribution in [0.1, 0.15) is 43.0 Å². The molecule has 107 heavy (non-hydrogen) atoms. The molecule has 0 radical (unpaired) electrons. The van der Waals surface area contributed by atoms with Crippen LogP contribution in [0.5, 0.6) is 11.5 Å². The molecule has 4 fully saturated rings. The van der Waals surface area contributed by atoms with Crippen LogP contribution in [0, 0.1) is 0 Å². The molecule has 42 heteroatoms. The van der Waals surface area contributed by atoms with Gasteiger partial charge in [0.2, 0.25) is 10.6 Å². The number of ether oxygens (including phenoxy) is 12. The monoisotopic (exact) mass is 1560 g/mol. The number of halogens is 10. The number of carbonyl (C=O) groups excluding carboxylic acids is 4. The minimum atomic E-state index is -5.05. The fourth-order valence-corrected chi connectivity index (χ4v) is 11.7. The Bertz CT molecular complexity index is 4170. The number of hydrogen-bond acceptors (Lipinski definition) is 29. The van der Waals surface area contributed by atoms with Crippen LogP contribution in [-0.4, -0.2) is 253 Å². The Labute approximate surface area is 611 Å². The van der Waals surface area contributed by atoms with E-state index >= 15 is 8.78 Å². The zero-order valence-electron chi connectivity index (χ0n) is 56.7. The van der Waals surface area contributed by atoms with Gasteiger partial charge in [-0.25, -0.2) is 37.9 Å². The van der Waals surface area contributed by atoms with E-state index in [-0.39, 0.29) is 94.5 Å². The van der Waals surface area contributed by atoms with Gasteiger partial charge in [0.15, 0.2) is 47.7 Å². The maximum absolute atomic E-state index is 15.7. The van der Waals surface area contributed by atoms with E-state index < -0.39 is 135 Å². The van der Waals surface area contributed by atoms with Gasteiger partial charge in [-0.05, 0) is 71.1 Å². The molecule has 0 saturated carbocycles. The number of aliphatic carboxylic acids is 1. The molecule has 4 aliphatic rings. The first-order valence-corrected chi connectivity index (χ1v) is 33.4. The van der Waals surface area contributed by atoms with Crippen molar-refractivity contribution in [2.24, 2.45) is 0 Å². The van der Waals surface area contributed by atoms with Crippen LogP contribution in [0.3, 0.4) is 0 Å². The van der Waals surface area contributed by atoms with Gasteiger partial charge in [0.1, 0.15) is 66.8 Å². The van der Waals surface area contributed by atoms with Gasteiger partial charge in [0.05, 0.1) is 58.9 Å². The lowest BCUT2D eigenvalue weighted by molar-refractivity contribution is -0.275. The van der Waals surface area contributed by atoms with E-state index in [1.807, 2.05) is 9.80 Å². The number of imidazole rings is 2. The molecule has 7 N–H and O–H groups in total. The molecule has 582 valence electrons. The van der Waals surface area contributed by atoms with Crippen molar-refractivity contribution >= 4 is 87.0 Å². The molecule has 32 nitrogen and oxygen atoms in total. The lowest BCUT2D eigenvalue weighted by Gasteiger charge is -2.32. The number of nitrogens with two attached hydrogens (primary N) is 2. The minimum Gasteiger partial charge on any atom is -0.479 e. The lowest BCUT2D eigenvalue weighted by Crippen LogP contribution is -2.55. The number of aliphatic hydroxyl groups excluding tert-OH is 2. The Morgan fingerprint density at radius 3 is 1.40 bits per heavy atom. The van der Waals surface area contributed by atoms with E-state index in [1.54, 1.807) is 37.3 Å². The Hall–Kier alpha value is -9.07. The highest BCUT2D eigenvalue weighted by Crippen LogP contribution is 2.39. The third-order valence-corrected chi connectivity index (χ3v) is 16.9. The van der Waals surface area contributed by atoms with Crippen molar-refractivity contribution in [1.29, 1.82) is 0 Å². The Kier molecular flexibility index (Phi) is 28.1. The fraction of sp³-hybridized carbons (Fsp3) is 0.492. The smallest absolute Gasteiger partial charge is 0.479 e. The third kappa shape index (κ3) is 21.6. The number of aliphatic hydroxyl groups is 2. The molecule has 0 spiro atoms. The molecule has 0 bridgehead atoms. The highest BCUT2D eigenvalue weighted by Gasteiger charge is 2.56. The van der Waals surface area contributed by atoms with Crippen molar-refractivity contribution in [3.05, 3.63) is 119 Å². The number of alkyl halides is 8. The first-order chi connectivity index (χ1) is 50.9. The number of anilines is 2. The van der Waals surface area contributed by atoms with Crippen LogP contribution >= 0.6 is 23.2 Å². The molecular formula is C65H72Cl2F8N12O20. The summed E-state index contributed by atoms with van der Waals surface area (Å²) in [6.45, 7) is 5.70. The van der Waals surface area contributed by atoms with Crippen molar-refractivity contribution in [3.8, 4) is 11.5 Å². The molecule has 4 aliphatic heterocycles. The second-order valence-corrected chi connectivity index (χ2v) is 24.6. The predicted molar refractivity (Wildman–Crippen MR) is 353 cm³/mol. The molecule has 7 aromatic rings. The van der Waals surface area contributed by atoms with Gasteiger partial charge >= 0.3 is 42.6 Å². The lowest BCUT2D eigenvalue weighted by atomic mass is 9.93. The summed E-state index contributed by atoms with van der Waals surface area (Å²) < 4.78 is 174. The summed E-state index contributed by atoms with van der Waals surface area (Å²) in [5.41, 5.74) is 6.65. The molecule has 4 aromatic heterocycles. The topological polar surface area (TPSA) is 403 Å². The SMILES string of the molecule is CCOC(C)=O.Nc1nc(Cl)nc2c1ncn2[C@@H]1O[C@H](COC(Cc2cccc(OC(F)(F)F)c2)(C(=O)O)C(=O)OCCN2CCOCC2)[C@@H](O)[C@@H]1F.Nc1nc(Cl)nc2c1ncn2[C@@H]1O[C@H](COC(Cc2cccc(OC(F)(F)F)c2)(C(=O)OCCN2CCOCC2)C(=O)OCc2ccccc2)[C@@H](O)[C@@H]1F. The zero-order chi connectivity index (χ0) is 77.4. The van der Waals surface area contributed by atoms with Gasteiger partial charge in [0.25, 0.3) is 11.2 Å². The average Bonchev–Trinajstić information content (AvgIpc) is 1.70. The van der Waals surface area contributed by atoms with Crippen molar-refractivity contribution in [3.63, 3.8) is 0 Å². The second kappa shape index (κ2) is 36.7. The number of aromatic nitrogens is 8. The minimum absolute atomic E-state index is 0.00226. The number of benzene rings is 3. The Morgan fingerprint density at radius 2 is 0.991 bits per heavy atom. The summed E-state index contributed by atoms with van der Waals surface area (Å²) in [5.74, 6) is -7.48. The van der Waals surface area contributed by atoms with Crippen LogP contribution in [-0.2, 0) is 90.8 Å². The largest absolute Gasteiger partial charge is 0.573 e. The summed E-state index contributed by atoms with van der Waals surface area (Å²) in [6.07, 6.45) is -23.6. The number of fused-ring (bicyclic) bond motifs is 2. The maximum Gasteiger partial charge on any atom is 0.573 e. The van der Waals surface area contributed by atoms with Gasteiger partial charge in [-0.1, -0.05) is 54.6 Å². The molecule has 3 aromatic carbocycles. The maximum atomic E-state index is 15.7. The molecule has 11 rings (SSSR count). The standard InChI is InChI=1S/C34H35ClF4N6O9.C27H29ClF4N6O9.C4H8O2/c35-32-42-27(40)25-28(43-32)45(19-41-25)29-24(36)26(46)23(53-29)18-52-33(31(48)51-17-20-5-2-1-3-6-20,30(47)50-14-11-44-9-12-49-13-10-44)16-21-7-4-8-22(15-21)54-34(37,38)39;28-25-35-20(33)18-21(36-25)38(13-34-18)22-17(29)19(39)16(46-22)12-45-26(23(40)41,24(42)44-9-6-37-4-7-43-8-5-37)11-14-2-1-3-15(10-14)47-27(30,31)32;1-3-6-4(2)5/h1-8,15,19,23-24,26,29,46H,9-14,16-18H2,(H2,40,42,43);1-3,10,13,16-17,19,22,39H,4-9,11-12H2,(H,40,41)(H2,33,35,36);3H2,1-2H3/t23-,24+,26-,29-,33?;16-,17+,19-,22-,26?;/m11./s1. The van der Waals surface area contributed by atoms with E-state index in [0.717, 1.165) is 52.1 Å². The first kappa shape index (κ1) is 82.0. The van der Waals surface area contributed by atoms with Gasteiger partial charge < -0.3 is 83.6 Å². The van der Waals surface area contributed by atoms with Crippen molar-refractivity contribution in [1.82, 2.24) is 48.8 Å². The molecule has 10 atom stereocenters. The van der Waals surface area contributed by atoms with Crippen molar-refractivity contribution in [2.75, 3.05) is 110 Å². The van der Waals surface area contributed by atoms with Crippen LogP contribution in [0.15, 0.2) is 91.5 Å². The average molecular weight is 1560 g/mol. The molecule has 0 amide bonds. The molecule has 0 aliphatic carbocycles. The number of carboxylic acid groups (broad SMARTS) is 1. The zero-order valence-corrected chi connectivity index (χ0v) is 58.2. The number of nitrogens with zero attached hydrogens (tertiary/aromatic N) is 10. The quantitative estimate of drug-likeness (QED) is 0.0144. The summed E-state index contributed by atoms with van der Waals surface area (Å²) in [5, 5.41) is 31.5. The highest BCUT2D eigenvalue weighted by molar-refractivity contribution is 6.29. The van der Waals surface area contributed by atoms with Gasteiger partial charge in [-0.15, -0.1) is 26.3 Å². The normalized spacial score (nSPS) is 21.7.